The predicted octanol–water partition coefficient (Wildman–Crippen LogP) is 0.759. The van der Waals surface area contributed by atoms with Gasteiger partial charge in [0.05, 0.1) is 18.6 Å². The first-order valence-electron chi connectivity index (χ1n) is 15.7. The molecule has 0 radical (unpaired) electrons. The van der Waals surface area contributed by atoms with Crippen molar-refractivity contribution < 1.29 is 28.8 Å². The van der Waals surface area contributed by atoms with E-state index in [1.807, 2.05) is 20.8 Å². The summed E-state index contributed by atoms with van der Waals surface area (Å²) in [6.45, 7) is 9.62. The highest BCUT2D eigenvalue weighted by Crippen LogP contribution is 2.65. The lowest BCUT2D eigenvalue weighted by Gasteiger charge is -2.36. The summed E-state index contributed by atoms with van der Waals surface area (Å²) in [5.41, 5.74) is 6.22. The molecule has 0 aromatic heterocycles. The number of nitrogens with two attached hydrogens (primary N) is 1. The molecule has 5 N–H and O–H groups in total. The first-order valence-corrected chi connectivity index (χ1v) is 15.7. The Balaban J connectivity index is 1.42. The molecule has 1 saturated heterocycles. The van der Waals surface area contributed by atoms with Crippen LogP contribution in [-0.2, 0) is 28.8 Å². The van der Waals surface area contributed by atoms with Crippen molar-refractivity contribution in [2.45, 2.75) is 78.0 Å². The molecule has 45 heavy (non-hydrogen) atoms. The number of rotatable bonds is 12. The van der Waals surface area contributed by atoms with Gasteiger partial charge in [-0.2, -0.15) is 0 Å². The number of likely N-dealkylation sites (tertiary alicyclic amines) is 1. The third-order valence-corrected chi connectivity index (χ3v) is 9.62. The molecule has 1 aromatic rings. The Bertz CT molecular complexity index is 1330. The number of Topliss-reactive ketones (excluding diaryl/α,β-unsaturated/α-hetero) is 1. The van der Waals surface area contributed by atoms with Crippen LogP contribution in [0, 0.1) is 28.6 Å². The molecule has 3 fully saturated rings. The van der Waals surface area contributed by atoms with Gasteiger partial charge < -0.3 is 31.5 Å². The first kappa shape index (κ1) is 34.1. The number of fused-ring (bicyclic) bond motifs is 1. The van der Waals surface area contributed by atoms with Gasteiger partial charge in [0.2, 0.25) is 29.4 Å². The van der Waals surface area contributed by atoms with Crippen LogP contribution in [0.3, 0.4) is 0 Å². The van der Waals surface area contributed by atoms with Crippen molar-refractivity contribution in [3.05, 3.63) is 35.9 Å². The Morgan fingerprint density at radius 1 is 1.02 bits per heavy atom. The number of carbonyl (C=O) groups is 6. The Morgan fingerprint density at radius 2 is 1.64 bits per heavy atom. The van der Waals surface area contributed by atoms with Crippen LogP contribution < -0.4 is 21.7 Å². The Kier molecular flexibility index (Phi) is 9.77. The van der Waals surface area contributed by atoms with E-state index in [-0.39, 0.29) is 41.4 Å². The van der Waals surface area contributed by atoms with Crippen LogP contribution in [0.4, 0.5) is 0 Å². The van der Waals surface area contributed by atoms with Crippen LogP contribution in [0.1, 0.15) is 65.5 Å². The van der Waals surface area contributed by atoms with Crippen LogP contribution in [0.25, 0.3) is 0 Å². The fourth-order valence-electron chi connectivity index (χ4n) is 6.35. The summed E-state index contributed by atoms with van der Waals surface area (Å²) in [7, 11) is 3.15. The minimum absolute atomic E-state index is 0.0785. The van der Waals surface area contributed by atoms with Gasteiger partial charge in [-0.05, 0) is 40.6 Å². The van der Waals surface area contributed by atoms with Crippen LogP contribution in [0.2, 0.25) is 0 Å². The molecule has 3 aliphatic rings. The molecule has 12 heteroatoms. The van der Waals surface area contributed by atoms with Gasteiger partial charge in [0.25, 0.3) is 5.91 Å². The fraction of sp³-hybridized carbons (Fsp3) is 0.636. The van der Waals surface area contributed by atoms with Crippen LogP contribution in [0.5, 0.6) is 0 Å². The lowest BCUT2D eigenvalue weighted by molar-refractivity contribution is -0.145. The summed E-state index contributed by atoms with van der Waals surface area (Å²) in [5, 5.41) is 7.79. The molecule has 5 amide bonds. The number of amides is 5. The van der Waals surface area contributed by atoms with E-state index in [4.69, 9.17) is 5.73 Å². The van der Waals surface area contributed by atoms with Gasteiger partial charge in [-0.3, -0.25) is 28.8 Å². The topological polar surface area (TPSA) is 171 Å². The van der Waals surface area contributed by atoms with Crippen molar-refractivity contribution in [2.75, 3.05) is 27.2 Å². The highest BCUT2D eigenvalue weighted by atomic mass is 16.2. The van der Waals surface area contributed by atoms with Gasteiger partial charge in [-0.1, -0.05) is 77.8 Å². The van der Waals surface area contributed by atoms with Crippen LogP contribution in [-0.4, -0.2) is 90.4 Å². The Morgan fingerprint density at radius 3 is 2.20 bits per heavy atom. The smallest absolute Gasteiger partial charge is 0.290 e. The second-order valence-electron chi connectivity index (χ2n) is 14.7. The highest BCUT2D eigenvalue weighted by Gasteiger charge is 2.69. The number of nitrogens with one attached hydrogen (secondary N) is 3. The zero-order valence-corrected chi connectivity index (χ0v) is 27.4. The average molecular weight is 625 g/mol. The maximum absolute atomic E-state index is 13.8. The van der Waals surface area contributed by atoms with E-state index in [1.165, 1.54) is 4.90 Å². The van der Waals surface area contributed by atoms with Crippen molar-refractivity contribution in [1.29, 1.82) is 0 Å². The summed E-state index contributed by atoms with van der Waals surface area (Å²) in [4.78, 5) is 82.0. The van der Waals surface area contributed by atoms with Gasteiger partial charge in [-0.25, -0.2) is 0 Å². The van der Waals surface area contributed by atoms with Crippen molar-refractivity contribution >= 4 is 35.3 Å². The minimum Gasteiger partial charge on any atom is -0.347 e. The normalized spacial score (nSPS) is 23.6. The van der Waals surface area contributed by atoms with Gasteiger partial charge in [0.15, 0.2) is 0 Å². The summed E-state index contributed by atoms with van der Waals surface area (Å²) in [6, 6.07) is 5.03. The summed E-state index contributed by atoms with van der Waals surface area (Å²) in [5.74, 6) is -3.40. The molecule has 3 unspecified atom stereocenters. The zero-order chi connectivity index (χ0) is 33.4. The minimum atomic E-state index is -1.10. The van der Waals surface area contributed by atoms with Crippen molar-refractivity contribution in [3.63, 3.8) is 0 Å². The third kappa shape index (κ3) is 7.54. The molecule has 2 aliphatic carbocycles. The highest BCUT2D eigenvalue weighted by molar-refractivity contribution is 6.38. The third-order valence-electron chi connectivity index (χ3n) is 9.62. The average Bonchev–Trinajstić information content (AvgIpc) is 3.84. The zero-order valence-electron chi connectivity index (χ0n) is 27.4. The quantitative estimate of drug-likeness (QED) is 0.249. The number of benzene rings is 1. The van der Waals surface area contributed by atoms with Crippen LogP contribution >= 0.6 is 0 Å². The number of hydrogen-bond donors (Lipinski definition) is 4. The van der Waals surface area contributed by atoms with Gasteiger partial charge in [-0.15, -0.1) is 0 Å². The lowest BCUT2D eigenvalue weighted by Crippen LogP contribution is -2.59. The molecule has 6 atom stereocenters. The molecule has 1 aliphatic heterocycles. The molecule has 12 nitrogen and oxygen atoms in total. The molecule has 2 saturated carbocycles. The van der Waals surface area contributed by atoms with E-state index in [9.17, 15) is 28.8 Å². The first-order chi connectivity index (χ1) is 20.9. The predicted molar refractivity (Wildman–Crippen MR) is 167 cm³/mol. The van der Waals surface area contributed by atoms with E-state index < -0.39 is 59.6 Å². The number of carbonyl (C=O) groups excluding carboxylic acids is 6. The molecular weight excluding hydrogens is 576 g/mol. The standard InChI is InChI=1S/C33H48N6O6/c1-32(2,3)27(34)31(45)39-17-20-23(33(20,4)5)25(39)28(42)36-21(15-18-13-14-18)26(41)29(43)35-16-22(40)37-24(30(44)38(6)7)19-11-9-8-10-12-19/h8-12,18,20-21,23-25,27H,13-17,34H2,1-7H3,(H,35,43)(H,36,42)(H,37,40)/t20-,21?,23?,24-,25?,27+/m0/s1. The largest absolute Gasteiger partial charge is 0.347 e. The molecule has 246 valence electrons. The van der Waals surface area contributed by atoms with E-state index in [0.717, 1.165) is 12.8 Å². The summed E-state index contributed by atoms with van der Waals surface area (Å²) < 4.78 is 0. The molecule has 0 spiro atoms. The molecule has 1 heterocycles. The maximum Gasteiger partial charge on any atom is 0.290 e. The Labute approximate surface area is 265 Å². The summed E-state index contributed by atoms with van der Waals surface area (Å²) >= 11 is 0. The SMILES string of the molecule is CN(C)C(=O)[C@@H](NC(=O)CNC(=O)C(=O)C(CC1CC1)NC(=O)C1C2[C@H](CN1C(=O)[C@@H](N)C(C)(C)C)C2(C)C)c1ccccc1. The number of piperidine rings is 1. The molecular formula is C33H48N6O6. The van der Waals surface area contributed by atoms with Crippen molar-refractivity contribution in [2.24, 2.45) is 34.3 Å². The van der Waals surface area contributed by atoms with E-state index >= 15 is 0 Å². The van der Waals surface area contributed by atoms with Crippen molar-refractivity contribution in [3.8, 4) is 0 Å². The van der Waals surface area contributed by atoms with E-state index in [2.05, 4.69) is 29.8 Å². The number of nitrogens with zero attached hydrogens (tertiary/aromatic N) is 2. The number of ketones is 1. The second kappa shape index (κ2) is 12.9. The van der Waals surface area contributed by atoms with Gasteiger partial charge in [0.1, 0.15) is 12.1 Å². The molecule has 1 aromatic carbocycles. The molecule has 4 rings (SSSR count). The lowest BCUT2D eigenvalue weighted by atomic mass is 9.86. The maximum atomic E-state index is 13.8. The van der Waals surface area contributed by atoms with E-state index in [0.29, 0.717) is 12.1 Å². The molecule has 0 bridgehead atoms. The Hall–Kier alpha value is -3.80. The van der Waals surface area contributed by atoms with Gasteiger partial charge in [0, 0.05) is 20.6 Å². The van der Waals surface area contributed by atoms with Crippen molar-refractivity contribution in [1.82, 2.24) is 25.8 Å². The second-order valence-corrected chi connectivity index (χ2v) is 14.7. The summed E-state index contributed by atoms with van der Waals surface area (Å²) in [6.07, 6.45) is 2.06. The van der Waals surface area contributed by atoms with E-state index in [1.54, 1.807) is 49.3 Å². The monoisotopic (exact) mass is 624 g/mol. The number of hydrogen-bond acceptors (Lipinski definition) is 7. The van der Waals surface area contributed by atoms with Crippen LogP contribution in [0.15, 0.2) is 30.3 Å². The van der Waals surface area contributed by atoms with Gasteiger partial charge >= 0.3 is 0 Å². The number of likely N-dealkylation sites (N-methyl/N-ethyl adjacent to an activating group) is 1. The fourth-order valence-corrected chi connectivity index (χ4v) is 6.35.